The van der Waals surface area contributed by atoms with Gasteiger partial charge in [-0.3, -0.25) is 4.90 Å². The summed E-state index contributed by atoms with van der Waals surface area (Å²) in [4.78, 5) is 15.2. The van der Waals surface area contributed by atoms with Crippen molar-refractivity contribution in [2.45, 2.75) is 20.4 Å². The standard InChI is InChI=1S/C20H29N5OS.HI/c1-3-21-20(23-16-19-22-15-17(2)27-19)25-11-9-24(10-12-25)13-14-26-18-7-5-4-6-8-18;/h4-8,15H,3,9-14,16H2,1-2H3,(H,21,23);1H. The molecule has 0 aliphatic carbocycles. The van der Waals surface area contributed by atoms with Crippen LogP contribution in [-0.4, -0.2) is 66.6 Å². The number of nitrogens with one attached hydrogen (secondary N) is 1. The van der Waals surface area contributed by atoms with E-state index in [1.807, 2.05) is 36.5 Å². The first-order chi connectivity index (χ1) is 13.2. The van der Waals surface area contributed by atoms with Crippen LogP contribution in [0.1, 0.15) is 16.8 Å². The molecule has 0 amide bonds. The van der Waals surface area contributed by atoms with Crippen molar-refractivity contribution in [3.05, 3.63) is 46.4 Å². The zero-order chi connectivity index (χ0) is 18.9. The van der Waals surface area contributed by atoms with Crippen molar-refractivity contribution in [1.82, 2.24) is 20.1 Å². The van der Waals surface area contributed by atoms with Gasteiger partial charge in [0.1, 0.15) is 17.4 Å². The summed E-state index contributed by atoms with van der Waals surface area (Å²) in [6.45, 7) is 11.4. The summed E-state index contributed by atoms with van der Waals surface area (Å²) in [5.74, 6) is 1.93. The third-order valence-electron chi connectivity index (χ3n) is 4.46. The van der Waals surface area contributed by atoms with Gasteiger partial charge in [0.25, 0.3) is 0 Å². The average molecular weight is 515 g/mol. The number of thiazole rings is 1. The molecule has 1 saturated heterocycles. The van der Waals surface area contributed by atoms with Crippen LogP contribution in [0.4, 0.5) is 0 Å². The molecular formula is C20H30IN5OS. The van der Waals surface area contributed by atoms with Gasteiger partial charge in [0.2, 0.25) is 0 Å². The minimum Gasteiger partial charge on any atom is -0.492 e. The molecule has 28 heavy (non-hydrogen) atoms. The number of hydrogen-bond donors (Lipinski definition) is 1. The number of nitrogens with zero attached hydrogens (tertiary/aromatic N) is 4. The summed E-state index contributed by atoms with van der Waals surface area (Å²) < 4.78 is 5.81. The first kappa shape index (κ1) is 22.9. The van der Waals surface area contributed by atoms with E-state index in [2.05, 4.69) is 33.9 Å². The number of para-hydroxylation sites is 1. The van der Waals surface area contributed by atoms with Gasteiger partial charge in [0, 0.05) is 50.3 Å². The highest BCUT2D eigenvalue weighted by atomic mass is 127. The Labute approximate surface area is 189 Å². The number of guanidine groups is 1. The maximum Gasteiger partial charge on any atom is 0.194 e. The van der Waals surface area contributed by atoms with Crippen molar-refractivity contribution < 1.29 is 4.74 Å². The smallest absolute Gasteiger partial charge is 0.194 e. The van der Waals surface area contributed by atoms with Gasteiger partial charge in [-0.05, 0) is 26.0 Å². The average Bonchev–Trinajstić information content (AvgIpc) is 3.12. The fourth-order valence-corrected chi connectivity index (χ4v) is 3.75. The second kappa shape index (κ2) is 12.2. The first-order valence-electron chi connectivity index (χ1n) is 9.59. The number of ether oxygens (including phenoxy) is 1. The Morgan fingerprint density at radius 1 is 1.21 bits per heavy atom. The lowest BCUT2D eigenvalue weighted by molar-refractivity contribution is 0.152. The quantitative estimate of drug-likeness (QED) is 0.349. The summed E-state index contributed by atoms with van der Waals surface area (Å²) in [7, 11) is 0. The highest BCUT2D eigenvalue weighted by Crippen LogP contribution is 2.13. The largest absolute Gasteiger partial charge is 0.492 e. The van der Waals surface area contributed by atoms with Gasteiger partial charge in [0.15, 0.2) is 5.96 Å². The molecule has 0 unspecified atom stereocenters. The fraction of sp³-hybridized carbons (Fsp3) is 0.500. The van der Waals surface area contributed by atoms with Crippen molar-refractivity contribution in [1.29, 1.82) is 0 Å². The number of benzene rings is 1. The molecule has 0 saturated carbocycles. The van der Waals surface area contributed by atoms with E-state index in [1.54, 1.807) is 11.3 Å². The Bertz CT molecular complexity index is 716. The van der Waals surface area contributed by atoms with E-state index in [-0.39, 0.29) is 24.0 Å². The monoisotopic (exact) mass is 515 g/mol. The van der Waals surface area contributed by atoms with Gasteiger partial charge in [0.05, 0.1) is 6.54 Å². The summed E-state index contributed by atoms with van der Waals surface area (Å²) in [5, 5.41) is 4.49. The number of aryl methyl sites for hydroxylation is 1. The van der Waals surface area contributed by atoms with E-state index in [9.17, 15) is 0 Å². The van der Waals surface area contributed by atoms with E-state index < -0.39 is 0 Å². The molecule has 0 radical (unpaired) electrons. The molecule has 3 rings (SSSR count). The summed E-state index contributed by atoms with van der Waals surface area (Å²) in [6.07, 6.45) is 1.92. The second-order valence-electron chi connectivity index (χ2n) is 6.53. The van der Waals surface area contributed by atoms with E-state index in [0.29, 0.717) is 6.54 Å². The van der Waals surface area contributed by atoms with E-state index >= 15 is 0 Å². The highest BCUT2D eigenvalue weighted by molar-refractivity contribution is 14.0. The zero-order valence-electron chi connectivity index (χ0n) is 16.6. The van der Waals surface area contributed by atoms with Crippen molar-refractivity contribution in [2.24, 2.45) is 4.99 Å². The first-order valence-corrected chi connectivity index (χ1v) is 10.4. The van der Waals surface area contributed by atoms with Crippen LogP contribution in [0.5, 0.6) is 5.75 Å². The number of rotatable bonds is 7. The lowest BCUT2D eigenvalue weighted by atomic mass is 10.3. The molecule has 0 atom stereocenters. The minimum atomic E-state index is 0. The van der Waals surface area contributed by atoms with Crippen LogP contribution in [0.3, 0.4) is 0 Å². The van der Waals surface area contributed by atoms with Gasteiger partial charge in [-0.1, -0.05) is 18.2 Å². The predicted octanol–water partition coefficient (Wildman–Crippen LogP) is 3.23. The molecule has 0 bridgehead atoms. The molecule has 1 aromatic carbocycles. The summed E-state index contributed by atoms with van der Waals surface area (Å²) in [6, 6.07) is 10.0. The van der Waals surface area contributed by atoms with Crippen molar-refractivity contribution >= 4 is 41.3 Å². The van der Waals surface area contributed by atoms with Crippen molar-refractivity contribution in [3.63, 3.8) is 0 Å². The van der Waals surface area contributed by atoms with Crippen LogP contribution >= 0.6 is 35.3 Å². The SMILES string of the molecule is CCNC(=NCc1ncc(C)s1)N1CCN(CCOc2ccccc2)CC1.I. The fourth-order valence-electron chi connectivity index (χ4n) is 3.04. The van der Waals surface area contributed by atoms with E-state index in [0.717, 1.165) is 62.6 Å². The topological polar surface area (TPSA) is 53.0 Å². The van der Waals surface area contributed by atoms with Gasteiger partial charge in [-0.2, -0.15) is 0 Å². The molecule has 1 aromatic heterocycles. The van der Waals surface area contributed by atoms with Crippen LogP contribution < -0.4 is 10.1 Å². The third-order valence-corrected chi connectivity index (χ3v) is 5.36. The Kier molecular flexibility index (Phi) is 10.0. The van der Waals surface area contributed by atoms with Gasteiger partial charge < -0.3 is 15.0 Å². The Hall–Kier alpha value is -1.39. The number of aliphatic imine (C=N–C) groups is 1. The van der Waals surface area contributed by atoms with Crippen LogP contribution in [0.15, 0.2) is 41.5 Å². The van der Waals surface area contributed by atoms with Crippen LogP contribution in [0, 0.1) is 6.92 Å². The molecule has 1 aliphatic rings. The minimum absolute atomic E-state index is 0. The molecule has 1 aliphatic heterocycles. The van der Waals surface area contributed by atoms with Gasteiger partial charge in [-0.25, -0.2) is 9.98 Å². The molecule has 0 spiro atoms. The number of piperazine rings is 1. The molecule has 154 valence electrons. The van der Waals surface area contributed by atoms with E-state index in [4.69, 9.17) is 9.73 Å². The van der Waals surface area contributed by atoms with Gasteiger partial charge >= 0.3 is 0 Å². The number of aromatic nitrogens is 1. The lowest BCUT2D eigenvalue weighted by Crippen LogP contribution is -2.53. The molecule has 1 fully saturated rings. The second-order valence-corrected chi connectivity index (χ2v) is 7.84. The predicted molar refractivity (Wildman–Crippen MR) is 127 cm³/mol. The molecule has 8 heteroatoms. The summed E-state index contributed by atoms with van der Waals surface area (Å²) >= 11 is 1.72. The van der Waals surface area contributed by atoms with Crippen LogP contribution in [0.25, 0.3) is 0 Å². The van der Waals surface area contributed by atoms with E-state index in [1.165, 1.54) is 4.88 Å². The number of halogens is 1. The third kappa shape index (κ3) is 7.21. The molecule has 2 aromatic rings. The van der Waals surface area contributed by atoms with Gasteiger partial charge in [-0.15, -0.1) is 35.3 Å². The zero-order valence-corrected chi connectivity index (χ0v) is 19.8. The molecule has 6 nitrogen and oxygen atoms in total. The highest BCUT2D eigenvalue weighted by Gasteiger charge is 2.19. The Balaban J connectivity index is 0.00000280. The molecule has 2 heterocycles. The van der Waals surface area contributed by atoms with Crippen LogP contribution in [-0.2, 0) is 6.54 Å². The maximum absolute atomic E-state index is 5.81. The molecular weight excluding hydrogens is 485 g/mol. The van der Waals surface area contributed by atoms with Crippen molar-refractivity contribution in [3.8, 4) is 5.75 Å². The number of hydrogen-bond acceptors (Lipinski definition) is 5. The Morgan fingerprint density at radius 2 is 1.96 bits per heavy atom. The Morgan fingerprint density at radius 3 is 2.61 bits per heavy atom. The molecule has 1 N–H and O–H groups in total. The van der Waals surface area contributed by atoms with Crippen LogP contribution in [0.2, 0.25) is 0 Å². The lowest BCUT2D eigenvalue weighted by Gasteiger charge is -2.36. The normalized spacial score (nSPS) is 15.2. The summed E-state index contributed by atoms with van der Waals surface area (Å²) in [5.41, 5.74) is 0. The maximum atomic E-state index is 5.81. The van der Waals surface area contributed by atoms with Crippen molar-refractivity contribution in [2.75, 3.05) is 45.9 Å².